The number of benzene rings is 1. The van der Waals surface area contributed by atoms with Crippen LogP contribution >= 0.6 is 0 Å². The minimum atomic E-state index is -0.413. The highest BCUT2D eigenvalue weighted by Gasteiger charge is 2.23. The normalized spacial score (nSPS) is 11.8. The molecular weight excluding hydrogens is 346 g/mol. The Hall–Kier alpha value is -3.49. The number of carbonyl (C=O) groups is 2. The number of nitrogens with zero attached hydrogens (tertiary/aromatic N) is 5. The molecule has 0 saturated carbocycles. The van der Waals surface area contributed by atoms with Crippen molar-refractivity contribution in [3.05, 3.63) is 59.5 Å². The quantitative estimate of drug-likeness (QED) is 0.690. The van der Waals surface area contributed by atoms with Crippen LogP contribution in [-0.4, -0.2) is 43.6 Å². The molecule has 0 spiro atoms. The van der Waals surface area contributed by atoms with Gasteiger partial charge in [-0.25, -0.2) is 0 Å². The third-order valence-corrected chi connectivity index (χ3v) is 4.14. The first-order valence-electron chi connectivity index (χ1n) is 8.61. The van der Waals surface area contributed by atoms with Crippen LogP contribution in [0.5, 0.6) is 0 Å². The van der Waals surface area contributed by atoms with Gasteiger partial charge in [0.2, 0.25) is 0 Å². The van der Waals surface area contributed by atoms with Gasteiger partial charge in [0.15, 0.2) is 11.5 Å². The number of hydrogen-bond donors (Lipinski definition) is 2. The van der Waals surface area contributed by atoms with Crippen molar-refractivity contribution in [2.75, 3.05) is 12.4 Å². The molecule has 1 aromatic carbocycles. The van der Waals surface area contributed by atoms with Gasteiger partial charge in [0, 0.05) is 13.1 Å². The van der Waals surface area contributed by atoms with Gasteiger partial charge in [0.05, 0.1) is 18.8 Å². The smallest absolute Gasteiger partial charge is 0.275 e. The van der Waals surface area contributed by atoms with Crippen LogP contribution in [0.1, 0.15) is 46.4 Å². The van der Waals surface area contributed by atoms with Gasteiger partial charge in [-0.2, -0.15) is 15.0 Å². The molecule has 9 nitrogen and oxygen atoms in total. The number of anilines is 1. The number of amides is 2. The second-order valence-corrected chi connectivity index (χ2v) is 5.90. The van der Waals surface area contributed by atoms with Crippen molar-refractivity contribution in [2.24, 2.45) is 0 Å². The Labute approximate surface area is 156 Å². The lowest BCUT2D eigenvalue weighted by Crippen LogP contribution is -2.21. The molecule has 1 unspecified atom stereocenters. The van der Waals surface area contributed by atoms with E-state index in [-0.39, 0.29) is 23.3 Å². The Morgan fingerprint density at radius 2 is 1.89 bits per heavy atom. The van der Waals surface area contributed by atoms with Gasteiger partial charge in [0.1, 0.15) is 5.69 Å². The van der Waals surface area contributed by atoms with Gasteiger partial charge in [-0.05, 0) is 19.4 Å². The summed E-state index contributed by atoms with van der Waals surface area (Å²) < 4.78 is 1.54. The number of hydrogen-bond acceptors (Lipinski definition) is 5. The summed E-state index contributed by atoms with van der Waals surface area (Å²) in [5.74, 6) is -0.438. The van der Waals surface area contributed by atoms with Gasteiger partial charge in [-0.1, -0.05) is 30.3 Å². The molecule has 2 amide bonds. The minimum absolute atomic E-state index is 0.169. The molecule has 2 N–H and O–H groups in total. The van der Waals surface area contributed by atoms with E-state index < -0.39 is 5.91 Å². The summed E-state index contributed by atoms with van der Waals surface area (Å²) in [7, 11) is 1.52. The summed E-state index contributed by atoms with van der Waals surface area (Å²) in [6.45, 7) is 4.41. The van der Waals surface area contributed by atoms with Crippen molar-refractivity contribution in [2.45, 2.75) is 26.4 Å². The highest BCUT2D eigenvalue weighted by Crippen LogP contribution is 2.20. The van der Waals surface area contributed by atoms with E-state index in [0.29, 0.717) is 12.4 Å². The van der Waals surface area contributed by atoms with Crippen molar-refractivity contribution >= 4 is 17.6 Å². The van der Waals surface area contributed by atoms with Crippen LogP contribution in [0.4, 0.5) is 5.82 Å². The summed E-state index contributed by atoms with van der Waals surface area (Å²) >= 11 is 0. The highest BCUT2D eigenvalue weighted by atomic mass is 16.2. The Bertz CT molecular complexity index is 946. The Morgan fingerprint density at radius 3 is 2.52 bits per heavy atom. The lowest BCUT2D eigenvalue weighted by Gasteiger charge is -2.15. The van der Waals surface area contributed by atoms with Crippen LogP contribution in [0.2, 0.25) is 0 Å². The van der Waals surface area contributed by atoms with Crippen molar-refractivity contribution in [1.82, 2.24) is 30.1 Å². The second-order valence-electron chi connectivity index (χ2n) is 5.90. The van der Waals surface area contributed by atoms with Crippen molar-refractivity contribution in [1.29, 1.82) is 0 Å². The fourth-order valence-electron chi connectivity index (χ4n) is 2.66. The third-order valence-electron chi connectivity index (χ3n) is 4.14. The lowest BCUT2D eigenvalue weighted by atomic mass is 10.1. The average Bonchev–Trinajstić information content (AvgIpc) is 3.34. The zero-order chi connectivity index (χ0) is 19.4. The molecule has 1 atom stereocenters. The van der Waals surface area contributed by atoms with Crippen LogP contribution in [0.15, 0.2) is 42.6 Å². The number of aromatic nitrogens is 5. The first kappa shape index (κ1) is 18.3. The van der Waals surface area contributed by atoms with E-state index in [1.165, 1.54) is 24.1 Å². The van der Waals surface area contributed by atoms with Crippen molar-refractivity contribution in [3.8, 4) is 0 Å². The standard InChI is InChI=1S/C18H21N7O2/c1-4-24-20-11-16(23-24)21-18(27)15-10-14(17(26)19-3)22-25(15)12(2)13-8-6-5-7-9-13/h5-12H,4H2,1-3H3,(H,19,26)(H,21,23,27). The maximum Gasteiger partial charge on any atom is 0.275 e. The summed E-state index contributed by atoms with van der Waals surface area (Å²) in [6, 6.07) is 10.9. The lowest BCUT2D eigenvalue weighted by molar-refractivity contribution is 0.0956. The van der Waals surface area contributed by atoms with E-state index in [1.54, 1.807) is 4.68 Å². The first-order valence-corrected chi connectivity index (χ1v) is 8.61. The molecule has 2 aromatic heterocycles. The number of carbonyl (C=O) groups excluding carboxylic acids is 2. The third kappa shape index (κ3) is 3.86. The molecule has 2 heterocycles. The molecule has 0 aliphatic carbocycles. The van der Waals surface area contributed by atoms with Gasteiger partial charge < -0.3 is 10.6 Å². The van der Waals surface area contributed by atoms with E-state index in [9.17, 15) is 9.59 Å². The molecule has 3 aromatic rings. The molecule has 0 fully saturated rings. The predicted octanol–water partition coefficient (Wildman–Crippen LogP) is 1.72. The molecule has 0 aliphatic heterocycles. The fourth-order valence-corrected chi connectivity index (χ4v) is 2.66. The van der Waals surface area contributed by atoms with E-state index in [2.05, 4.69) is 25.9 Å². The molecule has 27 heavy (non-hydrogen) atoms. The maximum absolute atomic E-state index is 12.8. The van der Waals surface area contributed by atoms with E-state index in [4.69, 9.17) is 0 Å². The fraction of sp³-hybridized carbons (Fsp3) is 0.278. The topological polar surface area (TPSA) is 107 Å². The molecule has 0 bridgehead atoms. The van der Waals surface area contributed by atoms with E-state index >= 15 is 0 Å². The van der Waals surface area contributed by atoms with E-state index in [0.717, 1.165) is 5.56 Å². The number of nitrogens with one attached hydrogen (secondary N) is 2. The van der Waals surface area contributed by atoms with Gasteiger partial charge >= 0.3 is 0 Å². The van der Waals surface area contributed by atoms with Crippen LogP contribution in [0.25, 0.3) is 0 Å². The van der Waals surface area contributed by atoms with Crippen LogP contribution in [0.3, 0.4) is 0 Å². The molecule has 0 saturated heterocycles. The number of rotatable bonds is 6. The molecule has 0 radical (unpaired) electrons. The zero-order valence-corrected chi connectivity index (χ0v) is 15.4. The Balaban J connectivity index is 1.95. The van der Waals surface area contributed by atoms with Gasteiger partial charge in [0.25, 0.3) is 11.8 Å². The summed E-state index contributed by atoms with van der Waals surface area (Å²) in [6.07, 6.45) is 1.47. The molecule has 0 aliphatic rings. The van der Waals surface area contributed by atoms with Crippen LogP contribution in [-0.2, 0) is 6.54 Å². The van der Waals surface area contributed by atoms with Crippen LogP contribution in [0, 0.1) is 0 Å². The van der Waals surface area contributed by atoms with E-state index in [1.807, 2.05) is 44.2 Å². The summed E-state index contributed by atoms with van der Waals surface area (Å²) in [4.78, 5) is 26.3. The molecular formula is C18H21N7O2. The van der Waals surface area contributed by atoms with Crippen molar-refractivity contribution in [3.63, 3.8) is 0 Å². The van der Waals surface area contributed by atoms with Gasteiger partial charge in [-0.3, -0.25) is 14.3 Å². The Morgan fingerprint density at radius 1 is 1.15 bits per heavy atom. The van der Waals surface area contributed by atoms with Gasteiger partial charge in [-0.15, -0.1) is 5.10 Å². The zero-order valence-electron chi connectivity index (χ0n) is 15.4. The minimum Gasteiger partial charge on any atom is -0.354 e. The SMILES string of the molecule is CCn1ncc(NC(=O)c2cc(C(=O)NC)nn2C(C)c2ccccc2)n1. The molecule has 3 rings (SSSR count). The summed E-state index contributed by atoms with van der Waals surface area (Å²) in [5.41, 5.74) is 1.40. The first-order chi connectivity index (χ1) is 13.0. The Kier molecular flexibility index (Phi) is 5.30. The second kappa shape index (κ2) is 7.81. The highest BCUT2D eigenvalue weighted by molar-refractivity contribution is 6.04. The van der Waals surface area contributed by atoms with Crippen molar-refractivity contribution < 1.29 is 9.59 Å². The monoisotopic (exact) mass is 367 g/mol. The predicted molar refractivity (Wildman–Crippen MR) is 99.5 cm³/mol. The summed E-state index contributed by atoms with van der Waals surface area (Å²) in [5, 5.41) is 17.8. The molecule has 9 heteroatoms. The maximum atomic E-state index is 12.8. The number of aryl methyl sites for hydroxylation is 1. The average molecular weight is 367 g/mol. The van der Waals surface area contributed by atoms with Crippen LogP contribution < -0.4 is 10.6 Å². The largest absolute Gasteiger partial charge is 0.354 e. The molecule has 140 valence electrons.